The third-order valence-electron chi connectivity index (χ3n) is 5.29. The molecular weight excluding hydrogens is 491 g/mol. The Hall–Kier alpha value is -4.22. The smallest absolute Gasteiger partial charge is 0.287 e. The van der Waals surface area contributed by atoms with Crippen LogP contribution in [0.2, 0.25) is 0 Å². The average molecular weight is 513 g/mol. The molecule has 0 saturated carbocycles. The maximum Gasteiger partial charge on any atom is 0.287 e. The van der Waals surface area contributed by atoms with Gasteiger partial charge in [0.1, 0.15) is 23.8 Å². The van der Waals surface area contributed by atoms with Crippen molar-refractivity contribution in [3.8, 4) is 5.75 Å². The number of hydrogen-bond acceptors (Lipinski definition) is 7. The molecule has 0 spiro atoms. The molecule has 186 valence electrons. The van der Waals surface area contributed by atoms with E-state index in [1.54, 1.807) is 24.3 Å². The lowest BCUT2D eigenvalue weighted by Gasteiger charge is -2.09. The number of carbonyl (C=O) groups excluding carboxylic acids is 2. The molecule has 2 amide bonds. The van der Waals surface area contributed by atoms with Gasteiger partial charge >= 0.3 is 0 Å². The zero-order chi connectivity index (χ0) is 25.7. The van der Waals surface area contributed by atoms with Gasteiger partial charge in [-0.2, -0.15) is 0 Å². The van der Waals surface area contributed by atoms with E-state index in [4.69, 9.17) is 14.4 Å². The number of rotatable bonds is 9. The Morgan fingerprint density at radius 3 is 2.33 bits per heavy atom. The molecule has 4 rings (SSSR count). The molecule has 0 aliphatic heterocycles. The normalized spacial score (nSPS) is 11.3. The monoisotopic (exact) mass is 512 g/mol. The highest BCUT2D eigenvalue weighted by atomic mass is 32.2. The fraction of sp³-hybridized carbons (Fsp3) is 0.120. The molecule has 0 atom stereocenters. The lowest BCUT2D eigenvalue weighted by molar-refractivity contribution is 0.0706. The number of hydrogen-bond donors (Lipinski definition) is 3. The van der Waals surface area contributed by atoms with Gasteiger partial charge in [0.15, 0.2) is 15.6 Å². The number of para-hydroxylation sites is 1. The van der Waals surface area contributed by atoms with Crippen LogP contribution in [0.25, 0.3) is 11.0 Å². The van der Waals surface area contributed by atoms with E-state index in [9.17, 15) is 22.4 Å². The second-order valence-corrected chi connectivity index (χ2v) is 9.68. The van der Waals surface area contributed by atoms with Gasteiger partial charge < -0.3 is 14.5 Å². The second-order valence-electron chi connectivity index (χ2n) is 7.69. The summed E-state index contributed by atoms with van der Waals surface area (Å²) in [6, 6.07) is 17.1. The Bertz CT molecular complexity index is 1500. The number of sulfone groups is 1. The predicted molar refractivity (Wildman–Crippen MR) is 127 cm³/mol. The summed E-state index contributed by atoms with van der Waals surface area (Å²) in [5.41, 5.74) is 2.33. The first-order chi connectivity index (χ1) is 17.3. The van der Waals surface area contributed by atoms with Gasteiger partial charge in [0.2, 0.25) is 0 Å². The molecule has 0 bridgehead atoms. The van der Waals surface area contributed by atoms with Gasteiger partial charge in [0.05, 0.1) is 17.2 Å². The molecule has 1 heterocycles. The predicted octanol–water partition coefficient (Wildman–Crippen LogP) is 3.47. The van der Waals surface area contributed by atoms with Gasteiger partial charge in [-0.1, -0.05) is 18.2 Å². The largest absolute Gasteiger partial charge is 0.492 e. The van der Waals surface area contributed by atoms with Crippen molar-refractivity contribution >= 4 is 32.6 Å². The lowest BCUT2D eigenvalue weighted by atomic mass is 10.1. The van der Waals surface area contributed by atoms with Crippen molar-refractivity contribution in [2.24, 2.45) is 0 Å². The van der Waals surface area contributed by atoms with Gasteiger partial charge in [0, 0.05) is 16.5 Å². The van der Waals surface area contributed by atoms with Crippen molar-refractivity contribution in [3.63, 3.8) is 0 Å². The van der Waals surface area contributed by atoms with Crippen molar-refractivity contribution in [1.29, 1.82) is 0 Å². The van der Waals surface area contributed by atoms with E-state index < -0.39 is 33.2 Å². The van der Waals surface area contributed by atoms with E-state index >= 15 is 0 Å². The first-order valence-corrected chi connectivity index (χ1v) is 12.4. The van der Waals surface area contributed by atoms with Crippen LogP contribution in [0.5, 0.6) is 5.75 Å². The summed E-state index contributed by atoms with van der Waals surface area (Å²) in [6.45, 7) is 0.166. The van der Waals surface area contributed by atoms with E-state index in [1.807, 2.05) is 0 Å². The first kappa shape index (κ1) is 24.9. The van der Waals surface area contributed by atoms with Crippen molar-refractivity contribution in [1.82, 2.24) is 10.8 Å². The van der Waals surface area contributed by atoms with Gasteiger partial charge in [-0.15, -0.1) is 0 Å². The molecule has 0 saturated heterocycles. The van der Waals surface area contributed by atoms with E-state index in [0.29, 0.717) is 16.7 Å². The lowest BCUT2D eigenvalue weighted by Crippen LogP contribution is -2.28. The highest BCUT2D eigenvalue weighted by Gasteiger charge is 2.26. The molecule has 3 N–H and O–H groups in total. The van der Waals surface area contributed by atoms with Crippen LogP contribution < -0.4 is 15.5 Å². The fourth-order valence-corrected chi connectivity index (χ4v) is 4.91. The minimum atomic E-state index is -3.90. The van der Waals surface area contributed by atoms with E-state index in [0.717, 1.165) is 12.1 Å². The van der Waals surface area contributed by atoms with E-state index in [-0.39, 0.29) is 34.9 Å². The third kappa shape index (κ3) is 5.53. The standard InChI is InChI=1S/C25H21FN2O7S/c26-17-7-11-19(12-8-17)36(32,33)15-21-20-3-1-2-4-22(20)35-23(21)25(30)27-13-14-34-18-9-5-16(6-10-18)24(29)28-31/h1-12,31H,13-15H2,(H,27,30)(H,28,29). The van der Waals surface area contributed by atoms with Crippen LogP contribution >= 0.6 is 0 Å². The van der Waals surface area contributed by atoms with Crippen molar-refractivity contribution in [2.45, 2.75) is 10.6 Å². The number of furan rings is 1. The maximum atomic E-state index is 13.3. The maximum absolute atomic E-state index is 13.3. The summed E-state index contributed by atoms with van der Waals surface area (Å²) in [5, 5.41) is 11.8. The van der Waals surface area contributed by atoms with Crippen molar-refractivity contribution < 1.29 is 36.8 Å². The van der Waals surface area contributed by atoms with Gasteiger partial charge in [-0.05, 0) is 54.6 Å². The van der Waals surface area contributed by atoms with Gasteiger partial charge in [-0.3, -0.25) is 14.8 Å². The molecule has 0 aliphatic rings. The molecular formula is C25H21FN2O7S. The van der Waals surface area contributed by atoms with Crippen LogP contribution in [-0.2, 0) is 15.6 Å². The number of nitrogens with one attached hydrogen (secondary N) is 2. The molecule has 4 aromatic rings. The minimum absolute atomic E-state index is 0.0728. The van der Waals surface area contributed by atoms with Gasteiger partial charge in [0.25, 0.3) is 11.8 Å². The topological polar surface area (TPSA) is 135 Å². The minimum Gasteiger partial charge on any atom is -0.492 e. The Morgan fingerprint density at radius 2 is 1.64 bits per heavy atom. The highest BCUT2D eigenvalue weighted by molar-refractivity contribution is 7.90. The summed E-state index contributed by atoms with van der Waals surface area (Å²) in [5.74, 6) is -2.04. The molecule has 11 heteroatoms. The number of fused-ring (bicyclic) bond motifs is 1. The van der Waals surface area contributed by atoms with Crippen LogP contribution in [-0.4, -0.2) is 38.6 Å². The molecule has 0 unspecified atom stereocenters. The fourth-order valence-electron chi connectivity index (χ4n) is 3.52. The summed E-state index contributed by atoms with van der Waals surface area (Å²) in [6.07, 6.45) is 0. The van der Waals surface area contributed by atoms with Crippen molar-refractivity contribution in [2.75, 3.05) is 13.2 Å². The molecule has 0 radical (unpaired) electrons. The quantitative estimate of drug-likeness (QED) is 0.135. The van der Waals surface area contributed by atoms with Gasteiger partial charge in [-0.25, -0.2) is 18.3 Å². The number of carbonyl (C=O) groups is 2. The van der Waals surface area contributed by atoms with Crippen LogP contribution in [0, 0.1) is 5.82 Å². The zero-order valence-electron chi connectivity index (χ0n) is 18.7. The summed E-state index contributed by atoms with van der Waals surface area (Å²) in [7, 11) is -3.90. The highest BCUT2D eigenvalue weighted by Crippen LogP contribution is 2.29. The Balaban J connectivity index is 1.46. The molecule has 3 aromatic carbocycles. The summed E-state index contributed by atoms with van der Waals surface area (Å²) >= 11 is 0. The number of hydroxylamine groups is 1. The SMILES string of the molecule is O=C(NO)c1ccc(OCCNC(=O)c2oc3ccccc3c2CS(=O)(=O)c2ccc(F)cc2)cc1. The third-order valence-corrected chi connectivity index (χ3v) is 6.95. The number of benzene rings is 3. The molecule has 1 aromatic heterocycles. The second kappa shape index (κ2) is 10.6. The van der Waals surface area contributed by atoms with Crippen LogP contribution in [0.4, 0.5) is 4.39 Å². The Kier molecular flexibility index (Phi) is 7.32. The van der Waals surface area contributed by atoms with Crippen molar-refractivity contribution in [3.05, 3.63) is 95.5 Å². The number of halogens is 1. The van der Waals surface area contributed by atoms with Crippen LogP contribution in [0.3, 0.4) is 0 Å². The number of amides is 2. The van der Waals surface area contributed by atoms with E-state index in [2.05, 4.69) is 5.32 Å². The zero-order valence-corrected chi connectivity index (χ0v) is 19.5. The molecule has 0 fully saturated rings. The summed E-state index contributed by atoms with van der Waals surface area (Å²) in [4.78, 5) is 24.2. The molecule has 36 heavy (non-hydrogen) atoms. The molecule has 0 aliphatic carbocycles. The summed E-state index contributed by atoms with van der Waals surface area (Å²) < 4.78 is 50.4. The van der Waals surface area contributed by atoms with E-state index in [1.165, 1.54) is 41.9 Å². The Morgan fingerprint density at radius 1 is 0.944 bits per heavy atom. The van der Waals surface area contributed by atoms with Crippen LogP contribution in [0.1, 0.15) is 26.5 Å². The number of ether oxygens (including phenoxy) is 1. The molecule has 9 nitrogen and oxygen atoms in total. The average Bonchev–Trinajstić information content (AvgIpc) is 3.24. The van der Waals surface area contributed by atoms with Crippen LogP contribution in [0.15, 0.2) is 82.1 Å². The Labute approximate surface area is 205 Å². The first-order valence-electron chi connectivity index (χ1n) is 10.7.